The number of nitrogens with zero attached hydrogens (tertiary/aromatic N) is 3. The molecule has 0 radical (unpaired) electrons. The van der Waals surface area contributed by atoms with Crippen LogP contribution in [0, 0.1) is 0 Å². The zero-order valence-electron chi connectivity index (χ0n) is 20.2. The monoisotopic (exact) mass is 501 g/mol. The van der Waals surface area contributed by atoms with Crippen molar-refractivity contribution >= 4 is 29.1 Å². The Hall–Kier alpha value is -3.97. The predicted molar refractivity (Wildman–Crippen MR) is 144 cm³/mol. The largest absolute Gasteiger partial charge is 0.493 e. The van der Waals surface area contributed by atoms with Gasteiger partial charge < -0.3 is 25.8 Å². The Balaban J connectivity index is 1.71. The first-order valence-corrected chi connectivity index (χ1v) is 12.1. The van der Waals surface area contributed by atoms with Gasteiger partial charge >= 0.3 is 0 Å². The second-order valence-electron chi connectivity index (χ2n) is 8.72. The topological polar surface area (TPSA) is 99.5 Å². The summed E-state index contributed by atoms with van der Waals surface area (Å²) in [5.41, 5.74) is 18.4. The van der Waals surface area contributed by atoms with Crippen molar-refractivity contribution in [3.8, 4) is 11.5 Å². The molecule has 4 N–H and O–H groups in total. The molecule has 1 atom stereocenters. The van der Waals surface area contributed by atoms with Crippen molar-refractivity contribution in [2.24, 2.45) is 0 Å². The molecule has 5 rings (SSSR count). The van der Waals surface area contributed by atoms with Crippen molar-refractivity contribution in [1.82, 2.24) is 9.97 Å². The standard InChI is InChI=1S/C28H28ClN5O2/c1-35-23-12-9-19(15-20-16-32-28(31)33-27(20)30)25(26(23)36-2)34-14-13-17-5-3-4-6-22(17)24(34)18-7-10-21(29)11-8-18/h3-12,16,24H,13-15H2,1-2H3,(H4,30,31,32,33). The average molecular weight is 502 g/mol. The Bertz CT molecular complexity index is 1390. The third-order valence-electron chi connectivity index (χ3n) is 6.66. The number of rotatable bonds is 6. The highest BCUT2D eigenvalue weighted by Crippen LogP contribution is 2.47. The highest BCUT2D eigenvalue weighted by molar-refractivity contribution is 6.30. The lowest BCUT2D eigenvalue weighted by atomic mass is 9.87. The van der Waals surface area contributed by atoms with E-state index < -0.39 is 0 Å². The van der Waals surface area contributed by atoms with E-state index in [4.69, 9.17) is 32.5 Å². The van der Waals surface area contributed by atoms with Crippen LogP contribution in [0.1, 0.15) is 33.9 Å². The molecule has 0 saturated heterocycles. The average Bonchev–Trinajstić information content (AvgIpc) is 2.90. The first kappa shape index (κ1) is 23.8. The van der Waals surface area contributed by atoms with Crippen molar-refractivity contribution in [3.05, 3.63) is 99.7 Å². The van der Waals surface area contributed by atoms with Gasteiger partial charge in [0.1, 0.15) is 5.82 Å². The molecule has 7 nitrogen and oxygen atoms in total. The van der Waals surface area contributed by atoms with Gasteiger partial charge in [-0.05, 0) is 46.9 Å². The zero-order chi connectivity index (χ0) is 25.2. The van der Waals surface area contributed by atoms with Crippen LogP contribution < -0.4 is 25.8 Å². The number of fused-ring (bicyclic) bond motifs is 1. The molecular formula is C28H28ClN5O2. The van der Waals surface area contributed by atoms with Crippen LogP contribution >= 0.6 is 11.6 Å². The molecule has 0 aliphatic carbocycles. The van der Waals surface area contributed by atoms with Crippen molar-refractivity contribution < 1.29 is 9.47 Å². The molecule has 1 unspecified atom stereocenters. The van der Waals surface area contributed by atoms with E-state index in [1.54, 1.807) is 20.4 Å². The second kappa shape index (κ2) is 9.95. The number of benzene rings is 3. The summed E-state index contributed by atoms with van der Waals surface area (Å²) in [6.07, 6.45) is 3.08. The minimum atomic E-state index is -0.0491. The first-order chi connectivity index (χ1) is 17.5. The third-order valence-corrected chi connectivity index (χ3v) is 6.91. The minimum Gasteiger partial charge on any atom is -0.493 e. The van der Waals surface area contributed by atoms with Crippen LogP contribution in [0.5, 0.6) is 11.5 Å². The summed E-state index contributed by atoms with van der Waals surface area (Å²) in [7, 11) is 3.32. The lowest BCUT2D eigenvalue weighted by molar-refractivity contribution is 0.354. The normalized spacial score (nSPS) is 14.9. The molecule has 1 aliphatic rings. The number of nitrogen functional groups attached to an aromatic ring is 2. The number of hydrogen-bond donors (Lipinski definition) is 2. The fourth-order valence-electron chi connectivity index (χ4n) is 5.00. The summed E-state index contributed by atoms with van der Waals surface area (Å²) in [6.45, 7) is 0.786. The van der Waals surface area contributed by atoms with E-state index in [1.165, 1.54) is 11.1 Å². The number of halogens is 1. The Morgan fingerprint density at radius 2 is 1.75 bits per heavy atom. The van der Waals surface area contributed by atoms with Gasteiger partial charge in [0.25, 0.3) is 0 Å². The summed E-state index contributed by atoms with van der Waals surface area (Å²) < 4.78 is 11.7. The highest BCUT2D eigenvalue weighted by atomic mass is 35.5. The maximum Gasteiger partial charge on any atom is 0.221 e. The Morgan fingerprint density at radius 3 is 2.47 bits per heavy atom. The van der Waals surface area contributed by atoms with Crippen LogP contribution in [0.15, 0.2) is 66.9 Å². The van der Waals surface area contributed by atoms with Crippen LogP contribution in [0.4, 0.5) is 17.5 Å². The second-order valence-corrected chi connectivity index (χ2v) is 9.16. The summed E-state index contributed by atoms with van der Waals surface area (Å²) in [6, 6.07) is 20.5. The van der Waals surface area contributed by atoms with E-state index in [9.17, 15) is 0 Å². The van der Waals surface area contributed by atoms with Gasteiger partial charge in [0, 0.05) is 29.7 Å². The molecule has 0 fully saturated rings. The molecular weight excluding hydrogens is 474 g/mol. The Kier molecular flexibility index (Phi) is 6.57. The molecule has 1 aliphatic heterocycles. The summed E-state index contributed by atoms with van der Waals surface area (Å²) in [5.74, 6) is 1.84. The molecule has 0 spiro atoms. The Morgan fingerprint density at radius 1 is 0.972 bits per heavy atom. The number of methoxy groups -OCH3 is 2. The maximum absolute atomic E-state index is 6.25. The molecule has 4 aromatic rings. The van der Waals surface area contributed by atoms with Crippen molar-refractivity contribution in [2.75, 3.05) is 37.1 Å². The molecule has 1 aromatic heterocycles. The smallest absolute Gasteiger partial charge is 0.221 e. The quantitative estimate of drug-likeness (QED) is 0.381. The number of ether oxygens (including phenoxy) is 2. The molecule has 2 heterocycles. The van der Waals surface area contributed by atoms with Gasteiger partial charge in [0.2, 0.25) is 5.95 Å². The van der Waals surface area contributed by atoms with Gasteiger partial charge in [-0.1, -0.05) is 54.1 Å². The minimum absolute atomic E-state index is 0.0491. The fourth-order valence-corrected chi connectivity index (χ4v) is 5.12. The number of nitrogens with two attached hydrogens (primary N) is 2. The van der Waals surface area contributed by atoms with E-state index in [1.807, 2.05) is 24.3 Å². The first-order valence-electron chi connectivity index (χ1n) is 11.7. The van der Waals surface area contributed by atoms with Crippen molar-refractivity contribution in [2.45, 2.75) is 18.9 Å². The molecule has 184 valence electrons. The van der Waals surface area contributed by atoms with Crippen LogP contribution in [-0.2, 0) is 12.8 Å². The number of aromatic nitrogens is 2. The van der Waals surface area contributed by atoms with E-state index >= 15 is 0 Å². The molecule has 36 heavy (non-hydrogen) atoms. The fraction of sp³-hybridized carbons (Fsp3) is 0.214. The number of hydrogen-bond acceptors (Lipinski definition) is 7. The van der Waals surface area contributed by atoms with Gasteiger partial charge in [0.15, 0.2) is 11.5 Å². The highest BCUT2D eigenvalue weighted by Gasteiger charge is 2.33. The van der Waals surface area contributed by atoms with Gasteiger partial charge in [-0.15, -0.1) is 0 Å². The number of anilines is 3. The van der Waals surface area contributed by atoms with Gasteiger partial charge in [-0.25, -0.2) is 4.98 Å². The van der Waals surface area contributed by atoms with E-state index in [0.717, 1.165) is 35.3 Å². The van der Waals surface area contributed by atoms with Crippen molar-refractivity contribution in [3.63, 3.8) is 0 Å². The third kappa shape index (κ3) is 4.38. The van der Waals surface area contributed by atoms with E-state index in [2.05, 4.69) is 51.3 Å². The molecule has 0 amide bonds. The van der Waals surface area contributed by atoms with Gasteiger partial charge in [-0.2, -0.15) is 4.98 Å². The lowest BCUT2D eigenvalue weighted by Crippen LogP contribution is -2.37. The van der Waals surface area contributed by atoms with Crippen LogP contribution in [0.3, 0.4) is 0 Å². The predicted octanol–water partition coefficient (Wildman–Crippen LogP) is 5.05. The molecule has 0 saturated carbocycles. The summed E-state index contributed by atoms with van der Waals surface area (Å²) in [4.78, 5) is 10.7. The lowest BCUT2D eigenvalue weighted by Gasteiger charge is -2.41. The van der Waals surface area contributed by atoms with E-state index in [0.29, 0.717) is 28.8 Å². The SMILES string of the molecule is COc1ccc(Cc2cnc(N)nc2N)c(N2CCc3ccccc3C2c2ccc(Cl)cc2)c1OC. The van der Waals surface area contributed by atoms with Gasteiger partial charge in [-0.3, -0.25) is 0 Å². The molecule has 8 heteroatoms. The Labute approximate surface area is 215 Å². The van der Waals surface area contributed by atoms with Crippen molar-refractivity contribution in [1.29, 1.82) is 0 Å². The molecule has 3 aromatic carbocycles. The maximum atomic E-state index is 6.25. The zero-order valence-corrected chi connectivity index (χ0v) is 21.0. The summed E-state index contributed by atoms with van der Waals surface area (Å²) >= 11 is 6.25. The van der Waals surface area contributed by atoms with E-state index in [-0.39, 0.29) is 12.0 Å². The van der Waals surface area contributed by atoms with Crippen LogP contribution in [0.25, 0.3) is 0 Å². The molecule has 0 bridgehead atoms. The van der Waals surface area contributed by atoms with Gasteiger partial charge in [0.05, 0.1) is 25.9 Å². The summed E-state index contributed by atoms with van der Waals surface area (Å²) in [5, 5.41) is 0.702. The van der Waals surface area contributed by atoms with Crippen LogP contribution in [-0.4, -0.2) is 30.7 Å². The van der Waals surface area contributed by atoms with Crippen LogP contribution in [0.2, 0.25) is 5.02 Å².